The van der Waals surface area contributed by atoms with Crippen molar-refractivity contribution in [3.05, 3.63) is 23.8 Å². The Labute approximate surface area is 99.5 Å². The first-order chi connectivity index (χ1) is 8.06. The molecule has 1 atom stereocenters. The van der Waals surface area contributed by atoms with Crippen LogP contribution in [0, 0.1) is 0 Å². The molecule has 0 saturated carbocycles. The van der Waals surface area contributed by atoms with Gasteiger partial charge in [0.05, 0.1) is 12.5 Å². The lowest BCUT2D eigenvalue weighted by Crippen LogP contribution is -2.31. The number of phenols is 1. The molecular formula is C12H16N2O3. The van der Waals surface area contributed by atoms with Gasteiger partial charge in [0.1, 0.15) is 5.75 Å². The van der Waals surface area contributed by atoms with Crippen LogP contribution in [-0.4, -0.2) is 40.2 Å². The van der Waals surface area contributed by atoms with Crippen LogP contribution < -0.4 is 5.73 Å². The number of hydrogen-bond acceptors (Lipinski definition) is 4. The standard InChI is InChI=1S/C12H16N2O3/c13-11-2-1-9(15)5-8(11)6-12(17)14-4-3-10(16)7-14/h1-2,5,10,15-16H,3-4,6-7,13H2. The lowest BCUT2D eigenvalue weighted by Gasteiger charge is -2.16. The van der Waals surface area contributed by atoms with E-state index in [0.29, 0.717) is 30.8 Å². The number of likely N-dealkylation sites (tertiary alicyclic amines) is 1. The van der Waals surface area contributed by atoms with Gasteiger partial charge in [0.15, 0.2) is 0 Å². The predicted octanol–water partition coefficient (Wildman–Crippen LogP) is 0.110. The Morgan fingerprint density at radius 2 is 2.29 bits per heavy atom. The first kappa shape index (κ1) is 11.7. The highest BCUT2D eigenvalue weighted by Crippen LogP contribution is 2.20. The fourth-order valence-corrected chi connectivity index (χ4v) is 1.99. The molecule has 1 heterocycles. The molecule has 1 aliphatic rings. The van der Waals surface area contributed by atoms with Gasteiger partial charge in [0.25, 0.3) is 0 Å². The SMILES string of the molecule is Nc1ccc(O)cc1CC(=O)N1CCC(O)C1. The van der Waals surface area contributed by atoms with Crippen molar-refractivity contribution in [2.24, 2.45) is 0 Å². The van der Waals surface area contributed by atoms with Crippen LogP contribution in [0.3, 0.4) is 0 Å². The Bertz CT molecular complexity index is 434. The quantitative estimate of drug-likeness (QED) is 0.502. The number of amides is 1. The highest BCUT2D eigenvalue weighted by Gasteiger charge is 2.24. The van der Waals surface area contributed by atoms with E-state index in [1.165, 1.54) is 12.1 Å². The molecule has 4 N–H and O–H groups in total. The van der Waals surface area contributed by atoms with Crippen LogP contribution in [0.25, 0.3) is 0 Å². The number of aliphatic hydroxyl groups is 1. The van der Waals surface area contributed by atoms with Crippen molar-refractivity contribution in [1.82, 2.24) is 4.90 Å². The molecule has 0 radical (unpaired) electrons. The molecule has 0 aromatic heterocycles. The van der Waals surface area contributed by atoms with Gasteiger partial charge in [-0.15, -0.1) is 0 Å². The third-order valence-electron chi connectivity index (χ3n) is 2.98. The number of anilines is 1. The Hall–Kier alpha value is -1.75. The fraction of sp³-hybridized carbons (Fsp3) is 0.417. The van der Waals surface area contributed by atoms with E-state index >= 15 is 0 Å². The maximum Gasteiger partial charge on any atom is 0.227 e. The summed E-state index contributed by atoms with van der Waals surface area (Å²) in [6.07, 6.45) is 0.370. The average Bonchev–Trinajstić information content (AvgIpc) is 2.70. The summed E-state index contributed by atoms with van der Waals surface area (Å²) >= 11 is 0. The second-order valence-electron chi connectivity index (χ2n) is 4.34. The van der Waals surface area contributed by atoms with E-state index in [2.05, 4.69) is 0 Å². The molecule has 1 fully saturated rings. The highest BCUT2D eigenvalue weighted by atomic mass is 16.3. The van der Waals surface area contributed by atoms with Gasteiger partial charge in [-0.1, -0.05) is 0 Å². The number of nitrogens with two attached hydrogens (primary N) is 1. The number of nitrogen functional groups attached to an aromatic ring is 1. The number of aromatic hydroxyl groups is 1. The van der Waals surface area contributed by atoms with Crippen molar-refractivity contribution >= 4 is 11.6 Å². The zero-order valence-electron chi connectivity index (χ0n) is 9.47. The number of rotatable bonds is 2. The van der Waals surface area contributed by atoms with Gasteiger partial charge in [0, 0.05) is 18.8 Å². The molecule has 1 saturated heterocycles. The lowest BCUT2D eigenvalue weighted by atomic mass is 10.1. The van der Waals surface area contributed by atoms with Crippen molar-refractivity contribution in [2.75, 3.05) is 18.8 Å². The number of benzene rings is 1. The molecule has 1 aromatic carbocycles. The normalized spacial score (nSPS) is 19.6. The highest BCUT2D eigenvalue weighted by molar-refractivity contribution is 5.80. The third-order valence-corrected chi connectivity index (χ3v) is 2.98. The zero-order valence-corrected chi connectivity index (χ0v) is 9.47. The molecule has 5 nitrogen and oxygen atoms in total. The molecule has 1 aliphatic heterocycles. The Morgan fingerprint density at radius 3 is 2.94 bits per heavy atom. The summed E-state index contributed by atoms with van der Waals surface area (Å²) in [7, 11) is 0. The largest absolute Gasteiger partial charge is 0.508 e. The monoisotopic (exact) mass is 236 g/mol. The van der Waals surface area contributed by atoms with E-state index in [-0.39, 0.29) is 18.1 Å². The second-order valence-corrected chi connectivity index (χ2v) is 4.34. The van der Waals surface area contributed by atoms with Gasteiger partial charge in [-0.05, 0) is 30.2 Å². The molecule has 0 aliphatic carbocycles. The van der Waals surface area contributed by atoms with Crippen LogP contribution in [0.1, 0.15) is 12.0 Å². The van der Waals surface area contributed by atoms with Gasteiger partial charge in [-0.25, -0.2) is 0 Å². The molecular weight excluding hydrogens is 220 g/mol. The minimum absolute atomic E-state index is 0.0705. The topological polar surface area (TPSA) is 86.8 Å². The summed E-state index contributed by atoms with van der Waals surface area (Å²) in [5.74, 6) is 0.0299. The van der Waals surface area contributed by atoms with E-state index in [0.717, 1.165) is 0 Å². The average molecular weight is 236 g/mol. The fourth-order valence-electron chi connectivity index (χ4n) is 1.99. The number of carbonyl (C=O) groups is 1. The number of aliphatic hydroxyl groups excluding tert-OH is 1. The number of carbonyl (C=O) groups excluding carboxylic acids is 1. The summed E-state index contributed by atoms with van der Waals surface area (Å²) in [4.78, 5) is 13.5. The van der Waals surface area contributed by atoms with E-state index in [9.17, 15) is 15.0 Å². The van der Waals surface area contributed by atoms with Gasteiger partial charge in [-0.3, -0.25) is 4.79 Å². The maximum atomic E-state index is 11.9. The van der Waals surface area contributed by atoms with Gasteiger partial charge < -0.3 is 20.8 Å². The minimum atomic E-state index is -0.416. The van der Waals surface area contributed by atoms with Crippen molar-refractivity contribution in [3.8, 4) is 5.75 Å². The number of hydrogen-bond donors (Lipinski definition) is 3. The van der Waals surface area contributed by atoms with Gasteiger partial charge in [0.2, 0.25) is 5.91 Å². The summed E-state index contributed by atoms with van der Waals surface area (Å²) in [5.41, 5.74) is 6.85. The number of β-amino-alcohol motifs (C(OH)–C–C–N with tert-alkyl or cyclic N) is 1. The third kappa shape index (κ3) is 2.68. The van der Waals surface area contributed by atoms with E-state index in [1.807, 2.05) is 0 Å². The zero-order chi connectivity index (χ0) is 12.4. The molecule has 5 heteroatoms. The second kappa shape index (κ2) is 4.63. The molecule has 0 bridgehead atoms. The summed E-state index contributed by atoms with van der Waals surface area (Å²) in [5, 5.41) is 18.7. The van der Waals surface area contributed by atoms with Gasteiger partial charge in [-0.2, -0.15) is 0 Å². The molecule has 1 unspecified atom stereocenters. The van der Waals surface area contributed by atoms with Crippen molar-refractivity contribution in [2.45, 2.75) is 18.9 Å². The van der Waals surface area contributed by atoms with Crippen molar-refractivity contribution in [3.63, 3.8) is 0 Å². The molecule has 0 spiro atoms. The number of phenolic OH excluding ortho intramolecular Hbond substituents is 1. The molecule has 17 heavy (non-hydrogen) atoms. The van der Waals surface area contributed by atoms with Crippen molar-refractivity contribution < 1.29 is 15.0 Å². The van der Waals surface area contributed by atoms with E-state index in [4.69, 9.17) is 5.73 Å². The molecule has 92 valence electrons. The Kier molecular flexibility index (Phi) is 3.19. The lowest BCUT2D eigenvalue weighted by molar-refractivity contribution is -0.129. The predicted molar refractivity (Wildman–Crippen MR) is 63.4 cm³/mol. The summed E-state index contributed by atoms with van der Waals surface area (Å²) in [6.45, 7) is 0.969. The number of nitrogens with zero attached hydrogens (tertiary/aromatic N) is 1. The molecule has 1 amide bonds. The van der Waals surface area contributed by atoms with Crippen LogP contribution in [0.4, 0.5) is 5.69 Å². The van der Waals surface area contributed by atoms with Gasteiger partial charge >= 0.3 is 0 Å². The molecule has 1 aromatic rings. The smallest absolute Gasteiger partial charge is 0.227 e. The van der Waals surface area contributed by atoms with Crippen LogP contribution in [-0.2, 0) is 11.2 Å². The summed E-state index contributed by atoms with van der Waals surface area (Å²) < 4.78 is 0. The minimum Gasteiger partial charge on any atom is -0.508 e. The van der Waals surface area contributed by atoms with Crippen LogP contribution in [0.15, 0.2) is 18.2 Å². The Morgan fingerprint density at radius 1 is 1.53 bits per heavy atom. The van der Waals surface area contributed by atoms with Crippen LogP contribution >= 0.6 is 0 Å². The van der Waals surface area contributed by atoms with E-state index < -0.39 is 6.10 Å². The maximum absolute atomic E-state index is 11.9. The summed E-state index contributed by atoms with van der Waals surface area (Å²) in [6, 6.07) is 4.57. The first-order valence-corrected chi connectivity index (χ1v) is 5.59. The van der Waals surface area contributed by atoms with Crippen LogP contribution in [0.5, 0.6) is 5.75 Å². The van der Waals surface area contributed by atoms with Crippen LogP contribution in [0.2, 0.25) is 0 Å². The molecule has 2 rings (SSSR count). The van der Waals surface area contributed by atoms with E-state index in [1.54, 1.807) is 11.0 Å². The Balaban J connectivity index is 2.05. The van der Waals surface area contributed by atoms with Crippen molar-refractivity contribution in [1.29, 1.82) is 0 Å². The first-order valence-electron chi connectivity index (χ1n) is 5.59.